The standard InChI is InChI=1S/C20H21NO5S/c1-25-13-4-3-11(9-14(13)26-2)17(22)21-18-16(19(23)24)12-5-6-20(7-8-20)10-15(12)27-18/h3-4,9H,5-8,10H2,1-2H3,(H,21,22)(H,23,24). The molecule has 4 rings (SSSR count). The summed E-state index contributed by atoms with van der Waals surface area (Å²) in [7, 11) is 3.03. The van der Waals surface area contributed by atoms with Crippen LogP contribution in [0.15, 0.2) is 18.2 Å². The van der Waals surface area contributed by atoms with Crippen molar-refractivity contribution in [3.05, 3.63) is 39.8 Å². The molecule has 6 nitrogen and oxygen atoms in total. The fraction of sp³-hybridized carbons (Fsp3) is 0.400. The third-order valence-corrected chi connectivity index (χ3v) is 6.72. The van der Waals surface area contributed by atoms with Crippen molar-refractivity contribution in [3.8, 4) is 11.5 Å². The van der Waals surface area contributed by atoms with E-state index in [2.05, 4.69) is 5.32 Å². The smallest absolute Gasteiger partial charge is 0.339 e. The van der Waals surface area contributed by atoms with Gasteiger partial charge in [-0.05, 0) is 61.3 Å². The van der Waals surface area contributed by atoms with Gasteiger partial charge >= 0.3 is 5.97 Å². The molecule has 27 heavy (non-hydrogen) atoms. The molecule has 2 N–H and O–H groups in total. The van der Waals surface area contributed by atoms with E-state index in [1.807, 2.05) is 0 Å². The van der Waals surface area contributed by atoms with Gasteiger partial charge < -0.3 is 19.9 Å². The van der Waals surface area contributed by atoms with Gasteiger partial charge in [0.25, 0.3) is 5.91 Å². The summed E-state index contributed by atoms with van der Waals surface area (Å²) in [6, 6.07) is 4.87. The van der Waals surface area contributed by atoms with Crippen LogP contribution in [-0.2, 0) is 12.8 Å². The van der Waals surface area contributed by atoms with Gasteiger partial charge in [-0.1, -0.05) is 0 Å². The molecule has 0 saturated heterocycles. The van der Waals surface area contributed by atoms with E-state index in [4.69, 9.17) is 9.47 Å². The van der Waals surface area contributed by atoms with Crippen LogP contribution < -0.4 is 14.8 Å². The number of methoxy groups -OCH3 is 2. The van der Waals surface area contributed by atoms with Gasteiger partial charge in [-0.15, -0.1) is 11.3 Å². The van der Waals surface area contributed by atoms with Crippen molar-refractivity contribution in [1.82, 2.24) is 0 Å². The molecule has 7 heteroatoms. The molecule has 0 unspecified atom stereocenters. The lowest BCUT2D eigenvalue weighted by Gasteiger charge is -2.21. The van der Waals surface area contributed by atoms with Crippen molar-refractivity contribution >= 4 is 28.2 Å². The van der Waals surface area contributed by atoms with Crippen LogP contribution in [-0.4, -0.2) is 31.2 Å². The first-order valence-electron chi connectivity index (χ1n) is 8.87. The SMILES string of the molecule is COc1ccc(C(=O)Nc2sc3c(c2C(=O)O)CCC2(CC2)C3)cc1OC. The minimum absolute atomic E-state index is 0.249. The lowest BCUT2D eigenvalue weighted by atomic mass is 9.84. The van der Waals surface area contributed by atoms with Crippen molar-refractivity contribution in [2.45, 2.75) is 32.1 Å². The number of fused-ring (bicyclic) bond motifs is 1. The highest BCUT2D eigenvalue weighted by atomic mass is 32.1. The van der Waals surface area contributed by atoms with Crippen molar-refractivity contribution in [3.63, 3.8) is 0 Å². The topological polar surface area (TPSA) is 84.9 Å². The van der Waals surface area contributed by atoms with Crippen LogP contribution in [0.2, 0.25) is 0 Å². The average Bonchev–Trinajstić information content (AvgIpc) is 3.30. The number of nitrogens with one attached hydrogen (secondary N) is 1. The number of thiophene rings is 1. The van der Waals surface area contributed by atoms with Crippen molar-refractivity contribution < 1.29 is 24.2 Å². The molecule has 0 bridgehead atoms. The minimum atomic E-state index is -0.984. The summed E-state index contributed by atoms with van der Waals surface area (Å²) >= 11 is 1.40. The van der Waals surface area contributed by atoms with Crippen LogP contribution in [0.25, 0.3) is 0 Å². The number of benzene rings is 1. The Kier molecular flexibility index (Phi) is 4.34. The summed E-state index contributed by atoms with van der Waals surface area (Å²) in [6.07, 6.45) is 5.19. The Labute approximate surface area is 161 Å². The Morgan fingerprint density at radius 2 is 1.89 bits per heavy atom. The number of aromatic carboxylic acids is 1. The largest absolute Gasteiger partial charge is 0.493 e. The number of hydrogen-bond acceptors (Lipinski definition) is 5. The van der Waals surface area contributed by atoms with Gasteiger partial charge in [0.05, 0.1) is 19.8 Å². The van der Waals surface area contributed by atoms with Crippen molar-refractivity contribution in [2.24, 2.45) is 5.41 Å². The number of rotatable bonds is 5. The van der Waals surface area contributed by atoms with Crippen LogP contribution >= 0.6 is 11.3 Å². The lowest BCUT2D eigenvalue weighted by Crippen LogP contribution is -2.16. The van der Waals surface area contributed by atoms with E-state index in [0.29, 0.717) is 27.5 Å². The highest BCUT2D eigenvalue weighted by Crippen LogP contribution is 2.57. The third kappa shape index (κ3) is 3.16. The molecule has 0 radical (unpaired) electrons. The van der Waals surface area contributed by atoms with Crippen molar-refractivity contribution in [2.75, 3.05) is 19.5 Å². The summed E-state index contributed by atoms with van der Waals surface area (Å²) in [6.45, 7) is 0. The highest BCUT2D eigenvalue weighted by molar-refractivity contribution is 7.17. The van der Waals surface area contributed by atoms with E-state index >= 15 is 0 Å². The highest BCUT2D eigenvalue weighted by Gasteiger charge is 2.46. The van der Waals surface area contributed by atoms with Crippen molar-refractivity contribution in [1.29, 1.82) is 0 Å². The molecule has 2 aliphatic carbocycles. The monoisotopic (exact) mass is 387 g/mol. The predicted octanol–water partition coefficient (Wildman–Crippen LogP) is 3.98. The Morgan fingerprint density at radius 1 is 1.15 bits per heavy atom. The summed E-state index contributed by atoms with van der Waals surface area (Å²) in [5.74, 6) is -0.369. The number of ether oxygens (including phenoxy) is 2. The normalized spacial score (nSPS) is 16.5. The predicted molar refractivity (Wildman–Crippen MR) is 102 cm³/mol. The maximum atomic E-state index is 12.7. The van der Waals surface area contributed by atoms with Gasteiger partial charge in [0, 0.05) is 10.4 Å². The number of carbonyl (C=O) groups is 2. The Morgan fingerprint density at radius 3 is 2.52 bits per heavy atom. The number of hydrogen-bond donors (Lipinski definition) is 2. The molecular weight excluding hydrogens is 366 g/mol. The quantitative estimate of drug-likeness (QED) is 0.810. The number of anilines is 1. The molecule has 1 aromatic carbocycles. The maximum Gasteiger partial charge on any atom is 0.339 e. The van der Waals surface area contributed by atoms with E-state index in [1.165, 1.54) is 38.4 Å². The first kappa shape index (κ1) is 17.9. The number of carboxylic acid groups (broad SMARTS) is 1. The van der Waals surface area contributed by atoms with Gasteiger partial charge in [0.15, 0.2) is 11.5 Å². The fourth-order valence-electron chi connectivity index (χ4n) is 3.81. The average molecular weight is 387 g/mol. The zero-order chi connectivity index (χ0) is 19.2. The van der Waals surface area contributed by atoms with Crippen LogP contribution in [0.4, 0.5) is 5.00 Å². The molecule has 1 spiro atoms. The molecule has 1 aromatic heterocycles. The number of amides is 1. The second kappa shape index (κ2) is 6.56. The van der Waals surface area contributed by atoms with E-state index in [0.717, 1.165) is 29.7 Å². The van der Waals surface area contributed by atoms with E-state index in [1.54, 1.807) is 18.2 Å². The number of carbonyl (C=O) groups excluding carboxylic acids is 1. The second-order valence-corrected chi connectivity index (χ2v) is 8.32. The summed E-state index contributed by atoms with van der Waals surface area (Å²) in [5, 5.41) is 12.9. The Balaban J connectivity index is 1.63. The zero-order valence-electron chi connectivity index (χ0n) is 15.3. The molecule has 0 aliphatic heterocycles. The second-order valence-electron chi connectivity index (χ2n) is 7.21. The molecule has 1 heterocycles. The zero-order valence-corrected chi connectivity index (χ0v) is 16.1. The minimum Gasteiger partial charge on any atom is -0.493 e. The van der Waals surface area contributed by atoms with Gasteiger partial charge in [-0.2, -0.15) is 0 Å². The lowest BCUT2D eigenvalue weighted by molar-refractivity contribution is 0.0697. The molecule has 142 valence electrons. The van der Waals surface area contributed by atoms with Gasteiger partial charge in [-0.3, -0.25) is 4.79 Å². The van der Waals surface area contributed by atoms with E-state index in [-0.39, 0.29) is 11.5 Å². The maximum absolute atomic E-state index is 12.7. The molecule has 1 amide bonds. The van der Waals surface area contributed by atoms with Gasteiger partial charge in [0.1, 0.15) is 5.00 Å². The first-order valence-corrected chi connectivity index (χ1v) is 9.69. The van der Waals surface area contributed by atoms with Crippen LogP contribution in [0.1, 0.15) is 50.4 Å². The molecular formula is C20H21NO5S. The molecule has 1 saturated carbocycles. The third-order valence-electron chi connectivity index (χ3n) is 5.58. The number of carboxylic acids is 1. The summed E-state index contributed by atoms with van der Waals surface area (Å²) < 4.78 is 10.4. The Hall–Kier alpha value is -2.54. The molecule has 1 fully saturated rings. The molecule has 0 atom stereocenters. The van der Waals surface area contributed by atoms with Crippen LogP contribution in [0, 0.1) is 5.41 Å². The van der Waals surface area contributed by atoms with Gasteiger partial charge in [0.2, 0.25) is 0 Å². The summed E-state index contributed by atoms with van der Waals surface area (Å²) in [5.41, 5.74) is 1.92. The Bertz CT molecular complexity index is 929. The van der Waals surface area contributed by atoms with Crippen LogP contribution in [0.3, 0.4) is 0 Å². The van der Waals surface area contributed by atoms with E-state index in [9.17, 15) is 14.7 Å². The molecule has 2 aliphatic rings. The van der Waals surface area contributed by atoms with Crippen LogP contribution in [0.5, 0.6) is 11.5 Å². The fourth-order valence-corrected chi connectivity index (χ4v) is 5.22. The van der Waals surface area contributed by atoms with Gasteiger partial charge in [-0.25, -0.2) is 4.79 Å². The molecule has 2 aromatic rings. The van der Waals surface area contributed by atoms with E-state index < -0.39 is 5.97 Å². The summed E-state index contributed by atoms with van der Waals surface area (Å²) in [4.78, 5) is 25.7. The first-order chi connectivity index (χ1) is 13.0.